The van der Waals surface area contributed by atoms with Gasteiger partial charge in [-0.3, -0.25) is 0 Å². The average molecular weight is 279 g/mol. The zero-order valence-corrected chi connectivity index (χ0v) is 12.2. The average Bonchev–Trinajstić information content (AvgIpc) is 2.30. The van der Waals surface area contributed by atoms with Crippen molar-refractivity contribution in [1.29, 1.82) is 0 Å². The van der Waals surface area contributed by atoms with E-state index in [4.69, 9.17) is 0 Å². The third-order valence-corrected chi connectivity index (χ3v) is 2.60. The molecule has 0 saturated heterocycles. The summed E-state index contributed by atoms with van der Waals surface area (Å²) in [4.78, 5) is 0. The van der Waals surface area contributed by atoms with Crippen molar-refractivity contribution in [3.63, 3.8) is 0 Å². The first kappa shape index (κ1) is 19.1. The van der Waals surface area contributed by atoms with E-state index in [9.17, 15) is 0 Å². The van der Waals surface area contributed by atoms with Gasteiger partial charge in [0.15, 0.2) is 0 Å². The Morgan fingerprint density at radius 1 is 1.06 bits per heavy atom. The highest BCUT2D eigenvalue weighted by Crippen LogP contribution is 2.12. The van der Waals surface area contributed by atoms with Gasteiger partial charge in [0, 0.05) is 6.54 Å². The van der Waals surface area contributed by atoms with E-state index >= 15 is 0 Å². The molecule has 2 N–H and O–H groups in total. The molecule has 4 heteroatoms. The molecule has 0 spiro atoms. The van der Waals surface area contributed by atoms with E-state index in [1.807, 2.05) is 7.05 Å². The summed E-state index contributed by atoms with van der Waals surface area (Å²) in [5.74, 6) is 0.598. The maximum absolute atomic E-state index is 3.48. The Labute approximate surface area is 117 Å². The summed E-state index contributed by atoms with van der Waals surface area (Å²) in [5, 5.41) is 6.63. The lowest BCUT2D eigenvalue weighted by atomic mass is 10.0. The molecule has 0 aromatic heterocycles. The molecule has 0 aliphatic carbocycles. The van der Waals surface area contributed by atoms with E-state index in [0.717, 1.165) is 19.6 Å². The van der Waals surface area contributed by atoms with Crippen molar-refractivity contribution in [3.8, 4) is 0 Å². The highest BCUT2D eigenvalue weighted by molar-refractivity contribution is 5.85. The Kier molecular flexibility index (Phi) is 13.7. The smallest absolute Gasteiger partial charge is 0.00174 e. The highest BCUT2D eigenvalue weighted by atomic mass is 35.5. The number of rotatable bonds is 7. The minimum atomic E-state index is 0. The van der Waals surface area contributed by atoms with E-state index in [0.29, 0.717) is 5.92 Å². The van der Waals surface area contributed by atoms with Crippen LogP contribution in [0, 0.1) is 0 Å². The number of halogens is 2. The van der Waals surface area contributed by atoms with E-state index in [2.05, 4.69) is 47.9 Å². The van der Waals surface area contributed by atoms with E-state index in [1.165, 1.54) is 12.0 Å². The quantitative estimate of drug-likeness (QED) is 0.750. The number of benzene rings is 1. The lowest BCUT2D eigenvalue weighted by molar-refractivity contribution is 0.584. The summed E-state index contributed by atoms with van der Waals surface area (Å²) in [6.07, 6.45) is 1.19. The number of hydrogen-bond donors (Lipinski definition) is 2. The number of hydrogen-bond acceptors (Lipinski definition) is 2. The van der Waals surface area contributed by atoms with Crippen LogP contribution in [0.15, 0.2) is 30.3 Å². The van der Waals surface area contributed by atoms with Crippen molar-refractivity contribution in [2.75, 3.05) is 26.7 Å². The van der Waals surface area contributed by atoms with Gasteiger partial charge in [0.25, 0.3) is 0 Å². The van der Waals surface area contributed by atoms with Crippen LogP contribution in [0.3, 0.4) is 0 Å². The molecule has 0 amide bonds. The minimum absolute atomic E-state index is 0. The second-order valence-corrected chi connectivity index (χ2v) is 3.97. The van der Waals surface area contributed by atoms with Crippen LogP contribution in [0.5, 0.6) is 0 Å². The van der Waals surface area contributed by atoms with Crippen LogP contribution < -0.4 is 10.6 Å². The maximum atomic E-state index is 3.48. The Bertz CT molecular complexity index is 255. The van der Waals surface area contributed by atoms with E-state index in [1.54, 1.807) is 0 Å². The van der Waals surface area contributed by atoms with Crippen molar-refractivity contribution in [3.05, 3.63) is 35.9 Å². The second-order valence-electron chi connectivity index (χ2n) is 3.97. The van der Waals surface area contributed by atoms with E-state index in [-0.39, 0.29) is 24.8 Å². The molecule has 0 fully saturated rings. The topological polar surface area (TPSA) is 24.1 Å². The molecular weight excluding hydrogens is 255 g/mol. The fourth-order valence-corrected chi connectivity index (χ4v) is 1.61. The van der Waals surface area contributed by atoms with Crippen LogP contribution in [0.25, 0.3) is 0 Å². The highest BCUT2D eigenvalue weighted by Gasteiger charge is 2.02. The van der Waals surface area contributed by atoms with Gasteiger partial charge in [-0.25, -0.2) is 0 Å². The summed E-state index contributed by atoms with van der Waals surface area (Å²) >= 11 is 0. The van der Waals surface area contributed by atoms with Gasteiger partial charge < -0.3 is 10.6 Å². The Balaban J connectivity index is 0. The third-order valence-electron chi connectivity index (χ3n) is 2.60. The minimum Gasteiger partial charge on any atom is -0.320 e. The molecule has 1 rings (SSSR count). The molecule has 0 aliphatic heterocycles. The molecule has 1 atom stereocenters. The first-order chi connectivity index (χ1) is 7.34. The van der Waals surface area contributed by atoms with Crippen molar-refractivity contribution >= 4 is 24.8 Å². The number of nitrogens with one attached hydrogen (secondary N) is 2. The van der Waals surface area contributed by atoms with Gasteiger partial charge in [-0.2, -0.15) is 0 Å². The molecule has 0 heterocycles. The third kappa shape index (κ3) is 8.44. The summed E-state index contributed by atoms with van der Waals surface area (Å²) in [7, 11) is 1.99. The summed E-state index contributed by atoms with van der Waals surface area (Å²) in [5.41, 5.74) is 1.42. The largest absolute Gasteiger partial charge is 0.320 e. The fraction of sp³-hybridized carbons (Fsp3) is 0.538. The Hall–Kier alpha value is -0.280. The molecule has 100 valence electrons. The molecule has 17 heavy (non-hydrogen) atoms. The molecule has 0 aliphatic rings. The molecule has 1 aromatic carbocycles. The first-order valence-electron chi connectivity index (χ1n) is 5.75. The van der Waals surface area contributed by atoms with Gasteiger partial charge >= 0.3 is 0 Å². The molecule has 1 unspecified atom stereocenters. The van der Waals surface area contributed by atoms with Crippen LogP contribution in [-0.2, 0) is 0 Å². The van der Waals surface area contributed by atoms with Crippen molar-refractivity contribution in [2.24, 2.45) is 0 Å². The molecule has 1 aromatic rings. The zero-order chi connectivity index (χ0) is 10.9. The lowest BCUT2D eigenvalue weighted by Gasteiger charge is -2.12. The van der Waals surface area contributed by atoms with Gasteiger partial charge in [-0.15, -0.1) is 24.8 Å². The fourth-order valence-electron chi connectivity index (χ4n) is 1.61. The van der Waals surface area contributed by atoms with Gasteiger partial charge in [0.1, 0.15) is 0 Å². The van der Waals surface area contributed by atoms with Gasteiger partial charge in [-0.05, 0) is 38.0 Å². The molecule has 0 bridgehead atoms. The standard InChI is InChI=1S/C13H22N2.2ClH/c1-12(11-15-10-6-9-14-2)13-7-4-3-5-8-13;;/h3-5,7-8,12,14-15H,6,9-11H2,1-2H3;2*1H. The molecule has 0 radical (unpaired) electrons. The Morgan fingerprint density at radius 3 is 2.29 bits per heavy atom. The zero-order valence-electron chi connectivity index (χ0n) is 10.6. The van der Waals surface area contributed by atoms with Crippen molar-refractivity contribution in [1.82, 2.24) is 10.6 Å². The van der Waals surface area contributed by atoms with Crippen LogP contribution in [0.1, 0.15) is 24.8 Å². The normalized spacial score (nSPS) is 11.2. The molecule has 2 nitrogen and oxygen atoms in total. The van der Waals surface area contributed by atoms with Crippen LogP contribution in [0.4, 0.5) is 0 Å². The second kappa shape index (κ2) is 12.2. The molecular formula is C13H24Cl2N2. The van der Waals surface area contributed by atoms with E-state index < -0.39 is 0 Å². The predicted octanol–water partition coefficient (Wildman–Crippen LogP) is 2.83. The first-order valence-corrected chi connectivity index (χ1v) is 5.75. The monoisotopic (exact) mass is 278 g/mol. The lowest BCUT2D eigenvalue weighted by Crippen LogP contribution is -2.23. The van der Waals surface area contributed by atoms with Crippen LogP contribution in [0.2, 0.25) is 0 Å². The van der Waals surface area contributed by atoms with Crippen molar-refractivity contribution in [2.45, 2.75) is 19.3 Å². The maximum Gasteiger partial charge on any atom is 0.00174 e. The van der Waals surface area contributed by atoms with Crippen LogP contribution >= 0.6 is 24.8 Å². The summed E-state index contributed by atoms with van der Waals surface area (Å²) in [6.45, 7) is 5.51. The predicted molar refractivity (Wildman–Crippen MR) is 80.8 cm³/mol. The summed E-state index contributed by atoms with van der Waals surface area (Å²) in [6, 6.07) is 10.7. The SMILES string of the molecule is CNCCCNCC(C)c1ccccc1.Cl.Cl. The van der Waals surface area contributed by atoms with Gasteiger partial charge in [-0.1, -0.05) is 37.3 Å². The van der Waals surface area contributed by atoms with Gasteiger partial charge in [0.2, 0.25) is 0 Å². The van der Waals surface area contributed by atoms with Crippen molar-refractivity contribution < 1.29 is 0 Å². The van der Waals surface area contributed by atoms with Gasteiger partial charge in [0.05, 0.1) is 0 Å². The van der Waals surface area contributed by atoms with Crippen LogP contribution in [-0.4, -0.2) is 26.7 Å². The summed E-state index contributed by atoms with van der Waals surface area (Å²) < 4.78 is 0. The Morgan fingerprint density at radius 2 is 1.71 bits per heavy atom. The molecule has 0 saturated carbocycles.